The molecule has 9 heteroatoms. The average molecular weight is 505 g/mol. The summed E-state index contributed by atoms with van der Waals surface area (Å²) in [5.41, 5.74) is 3.49. The molecule has 176 valence electrons. The minimum absolute atomic E-state index is 0.138. The number of rotatable bonds is 5. The summed E-state index contributed by atoms with van der Waals surface area (Å²) in [6, 6.07) is 24.4. The first-order chi connectivity index (χ1) is 17.1. The summed E-state index contributed by atoms with van der Waals surface area (Å²) in [6.45, 7) is 2.22. The van der Waals surface area contributed by atoms with Crippen molar-refractivity contribution in [2.75, 3.05) is 28.4 Å². The maximum absolute atomic E-state index is 13.5. The van der Waals surface area contributed by atoms with Crippen LogP contribution >= 0.6 is 22.9 Å². The van der Waals surface area contributed by atoms with Gasteiger partial charge in [-0.25, -0.2) is 9.78 Å². The molecule has 0 aliphatic carbocycles. The van der Waals surface area contributed by atoms with Gasteiger partial charge in [-0.2, -0.15) is 0 Å². The van der Waals surface area contributed by atoms with Gasteiger partial charge in [0.25, 0.3) is 5.91 Å². The summed E-state index contributed by atoms with van der Waals surface area (Å²) in [7, 11) is 0. The number of carbonyl (C=O) groups is 2. The van der Waals surface area contributed by atoms with Gasteiger partial charge >= 0.3 is 6.09 Å². The lowest BCUT2D eigenvalue weighted by atomic mass is 10.1. The van der Waals surface area contributed by atoms with E-state index in [9.17, 15) is 9.59 Å². The molecule has 0 saturated carbocycles. The van der Waals surface area contributed by atoms with Crippen LogP contribution in [0.5, 0.6) is 0 Å². The average Bonchev–Trinajstić information content (AvgIpc) is 3.29. The Morgan fingerprint density at radius 1 is 1.00 bits per heavy atom. The van der Waals surface area contributed by atoms with Crippen LogP contribution in [0.4, 0.5) is 26.3 Å². The Morgan fingerprint density at radius 3 is 2.43 bits per heavy atom. The highest BCUT2D eigenvalue weighted by atomic mass is 35.5. The molecule has 0 saturated heterocycles. The maximum atomic E-state index is 13.5. The number of aromatic nitrogens is 1. The van der Waals surface area contributed by atoms with Crippen molar-refractivity contribution in [3.05, 3.63) is 89.4 Å². The van der Waals surface area contributed by atoms with E-state index in [1.54, 1.807) is 24.0 Å². The molecule has 0 atom stereocenters. The van der Waals surface area contributed by atoms with Crippen LogP contribution in [0.15, 0.2) is 78.9 Å². The van der Waals surface area contributed by atoms with Gasteiger partial charge in [-0.1, -0.05) is 77.5 Å². The summed E-state index contributed by atoms with van der Waals surface area (Å²) >= 11 is 7.79. The number of amides is 2. The van der Waals surface area contributed by atoms with E-state index in [0.29, 0.717) is 27.1 Å². The van der Waals surface area contributed by atoms with E-state index >= 15 is 0 Å². The molecule has 7 nitrogen and oxygen atoms in total. The Labute approximate surface area is 211 Å². The van der Waals surface area contributed by atoms with Gasteiger partial charge in [-0.05, 0) is 31.2 Å². The second kappa shape index (κ2) is 9.77. The van der Waals surface area contributed by atoms with Crippen molar-refractivity contribution < 1.29 is 14.3 Å². The molecule has 5 rings (SSSR count). The molecule has 4 aromatic rings. The van der Waals surface area contributed by atoms with Crippen molar-refractivity contribution in [3.8, 4) is 11.3 Å². The molecule has 3 aromatic carbocycles. The minimum Gasteiger partial charge on any atom is -0.450 e. The molecular formula is C26H21ClN4O3S. The number of ether oxygens (including phenoxy) is 1. The topological polar surface area (TPSA) is 74.8 Å². The number of fused-ring (bicyclic) bond motifs is 1. The number of benzene rings is 3. The molecule has 0 unspecified atom stereocenters. The molecule has 35 heavy (non-hydrogen) atoms. The van der Waals surface area contributed by atoms with E-state index in [4.69, 9.17) is 21.3 Å². The van der Waals surface area contributed by atoms with Gasteiger partial charge in [0.2, 0.25) is 0 Å². The molecule has 2 amide bonds. The van der Waals surface area contributed by atoms with Gasteiger partial charge < -0.3 is 9.64 Å². The van der Waals surface area contributed by atoms with E-state index in [0.717, 1.165) is 16.3 Å². The number of nitrogens with zero attached hydrogens (tertiary/aromatic N) is 3. The second-order valence-corrected chi connectivity index (χ2v) is 9.04. The Bertz CT molecular complexity index is 1390. The third kappa shape index (κ3) is 4.45. The van der Waals surface area contributed by atoms with Gasteiger partial charge in [0.15, 0.2) is 5.13 Å². The van der Waals surface area contributed by atoms with Gasteiger partial charge in [-0.3, -0.25) is 15.0 Å². The van der Waals surface area contributed by atoms with E-state index in [1.807, 2.05) is 71.6 Å². The summed E-state index contributed by atoms with van der Waals surface area (Å²) in [4.78, 5) is 34.0. The fraction of sp³-hybridized carbons (Fsp3) is 0.115. The maximum Gasteiger partial charge on any atom is 0.413 e. The number of nitrogens with one attached hydrogen (secondary N) is 1. The second-order valence-electron chi connectivity index (χ2n) is 7.66. The molecule has 1 N–H and O–H groups in total. The van der Waals surface area contributed by atoms with Crippen molar-refractivity contribution in [1.29, 1.82) is 0 Å². The predicted molar refractivity (Wildman–Crippen MR) is 140 cm³/mol. The molecule has 0 radical (unpaired) electrons. The fourth-order valence-electron chi connectivity index (χ4n) is 3.93. The SMILES string of the molecule is CCOC(=O)Nc1nc(-c2ccccc2)c(N2CN(c3ccccc3Cl)C(=O)c3ccccc32)s1. The van der Waals surface area contributed by atoms with E-state index in [-0.39, 0.29) is 19.2 Å². The van der Waals surface area contributed by atoms with Crippen LogP contribution in [0.3, 0.4) is 0 Å². The third-order valence-corrected chi connectivity index (χ3v) is 6.80. The predicted octanol–water partition coefficient (Wildman–Crippen LogP) is 6.79. The van der Waals surface area contributed by atoms with Crippen LogP contribution < -0.4 is 15.1 Å². The number of para-hydroxylation sites is 2. The van der Waals surface area contributed by atoms with Crippen molar-refractivity contribution in [2.45, 2.75) is 6.92 Å². The Kier molecular flexibility index (Phi) is 6.39. The van der Waals surface area contributed by atoms with Crippen molar-refractivity contribution in [3.63, 3.8) is 0 Å². The lowest BCUT2D eigenvalue weighted by molar-refractivity contribution is 0.0983. The lowest BCUT2D eigenvalue weighted by Crippen LogP contribution is -2.45. The normalized spacial score (nSPS) is 12.9. The highest BCUT2D eigenvalue weighted by Gasteiger charge is 2.34. The number of halogens is 1. The zero-order chi connectivity index (χ0) is 24.4. The van der Waals surface area contributed by atoms with Gasteiger partial charge in [-0.15, -0.1) is 0 Å². The van der Waals surface area contributed by atoms with Crippen molar-refractivity contribution in [1.82, 2.24) is 4.98 Å². The summed E-state index contributed by atoms with van der Waals surface area (Å²) in [5.74, 6) is -0.138. The molecule has 1 aliphatic rings. The number of hydrogen-bond acceptors (Lipinski definition) is 6. The van der Waals surface area contributed by atoms with Gasteiger partial charge in [0.1, 0.15) is 17.4 Å². The fourth-order valence-corrected chi connectivity index (χ4v) is 5.15. The third-order valence-electron chi connectivity index (χ3n) is 5.48. The van der Waals surface area contributed by atoms with Gasteiger partial charge in [0, 0.05) is 5.56 Å². The molecule has 1 aromatic heterocycles. The summed E-state index contributed by atoms with van der Waals surface area (Å²) in [6.07, 6.45) is -0.570. The quantitative estimate of drug-likeness (QED) is 0.324. The van der Waals surface area contributed by atoms with Crippen LogP contribution in [-0.2, 0) is 4.74 Å². The van der Waals surface area contributed by atoms with Crippen LogP contribution in [0.25, 0.3) is 11.3 Å². The smallest absolute Gasteiger partial charge is 0.413 e. The first-order valence-electron chi connectivity index (χ1n) is 11.0. The minimum atomic E-state index is -0.570. The van der Waals surface area contributed by atoms with E-state index in [2.05, 4.69) is 5.32 Å². The van der Waals surface area contributed by atoms with E-state index in [1.165, 1.54) is 11.3 Å². The Morgan fingerprint density at radius 2 is 1.69 bits per heavy atom. The molecule has 0 fully saturated rings. The van der Waals surface area contributed by atoms with Crippen molar-refractivity contribution in [2.24, 2.45) is 0 Å². The molecule has 0 spiro atoms. The van der Waals surface area contributed by atoms with E-state index < -0.39 is 6.09 Å². The first kappa shape index (κ1) is 22.9. The van der Waals surface area contributed by atoms with Crippen LogP contribution in [0.2, 0.25) is 5.02 Å². The number of hydrogen-bond donors (Lipinski definition) is 1. The zero-order valence-corrected chi connectivity index (χ0v) is 20.3. The largest absolute Gasteiger partial charge is 0.450 e. The number of carbonyl (C=O) groups excluding carboxylic acids is 2. The Hall–Kier alpha value is -3.88. The molecule has 0 bridgehead atoms. The Balaban J connectivity index is 1.65. The first-order valence-corrected chi connectivity index (χ1v) is 12.2. The highest BCUT2D eigenvalue weighted by molar-refractivity contribution is 7.20. The van der Waals surface area contributed by atoms with Crippen LogP contribution in [-0.4, -0.2) is 30.3 Å². The van der Waals surface area contributed by atoms with Crippen LogP contribution in [0, 0.1) is 0 Å². The highest BCUT2D eigenvalue weighted by Crippen LogP contribution is 2.45. The number of anilines is 4. The zero-order valence-electron chi connectivity index (χ0n) is 18.8. The van der Waals surface area contributed by atoms with Gasteiger partial charge in [0.05, 0.1) is 28.6 Å². The van der Waals surface area contributed by atoms with Crippen molar-refractivity contribution >= 4 is 56.4 Å². The standard InChI is InChI=1S/C26H21ClN4O3S/c1-2-34-26(33)29-25-28-22(17-10-4-3-5-11-17)24(35-25)31-16-30(21-15-9-7-13-19(21)27)23(32)18-12-6-8-14-20(18)31/h3-15H,2,16H2,1H3,(H,28,29,33). The monoisotopic (exact) mass is 504 g/mol. The molecule has 1 aliphatic heterocycles. The summed E-state index contributed by atoms with van der Waals surface area (Å²) in [5, 5.41) is 4.38. The molecule has 2 heterocycles. The number of thiazole rings is 1. The lowest BCUT2D eigenvalue weighted by Gasteiger charge is -2.37. The summed E-state index contributed by atoms with van der Waals surface area (Å²) < 4.78 is 5.04. The van der Waals surface area contributed by atoms with Crippen LogP contribution in [0.1, 0.15) is 17.3 Å². The molecular weight excluding hydrogens is 484 g/mol.